The second-order valence-corrected chi connectivity index (χ2v) is 11.4. The quantitative estimate of drug-likeness (QED) is 0.354. The molecule has 0 spiro atoms. The number of hydrogen-bond acceptors (Lipinski definition) is 5. The normalized spacial score (nSPS) is 20.0. The lowest BCUT2D eigenvalue weighted by Crippen LogP contribution is -2.51. The van der Waals surface area contributed by atoms with Gasteiger partial charge in [-0.2, -0.15) is 13.2 Å². The van der Waals surface area contributed by atoms with Crippen molar-refractivity contribution >= 4 is 17.7 Å². The maximum Gasteiger partial charge on any atom is 0.416 e. The van der Waals surface area contributed by atoms with Crippen molar-refractivity contribution in [1.82, 2.24) is 20.1 Å². The minimum Gasteiger partial charge on any atom is -0.446 e. The van der Waals surface area contributed by atoms with Gasteiger partial charge in [0.1, 0.15) is 18.3 Å². The van der Waals surface area contributed by atoms with Crippen LogP contribution >= 0.6 is 0 Å². The molecule has 2 fully saturated rings. The number of anilines is 1. The van der Waals surface area contributed by atoms with Gasteiger partial charge in [0.2, 0.25) is 0 Å². The molecule has 2 aliphatic carbocycles. The molecule has 1 aromatic heterocycles. The van der Waals surface area contributed by atoms with Gasteiger partial charge in [-0.1, -0.05) is 12.1 Å². The highest BCUT2D eigenvalue weighted by molar-refractivity contribution is 6.10. The number of carbonyl (C=O) groups is 2. The van der Waals surface area contributed by atoms with Gasteiger partial charge >= 0.3 is 12.3 Å². The van der Waals surface area contributed by atoms with Crippen molar-refractivity contribution in [1.29, 1.82) is 0 Å². The molecule has 8 nitrogen and oxygen atoms in total. The summed E-state index contributed by atoms with van der Waals surface area (Å²) < 4.78 is 78.0. The van der Waals surface area contributed by atoms with Crippen molar-refractivity contribution in [2.24, 2.45) is 7.05 Å². The second kappa shape index (κ2) is 9.77. The first-order valence-corrected chi connectivity index (χ1v) is 13.6. The molecule has 0 radical (unpaired) electrons. The van der Waals surface area contributed by atoms with Crippen LogP contribution in [0.3, 0.4) is 0 Å². The Balaban J connectivity index is 1.32. The maximum atomic E-state index is 14.2. The standard InChI is InChI=1S/C29H28F5N5O3/c1-16(36-26(41)42-20-7-4-8-20)17-9-21-22(23(10-17)29(32,33)34)12-39(24(21)40)19-6-3-5-18(11-19)27(13-28(30,31)14-27)25-37-35-15-38(25)2/h3,5-6,9-11,15-16,20H,4,7-8,12-14H2,1-2H3,(H,36,41). The number of nitrogens with zero attached hydrogens (tertiary/aromatic N) is 4. The predicted octanol–water partition coefficient (Wildman–Crippen LogP) is 6.05. The molecule has 1 unspecified atom stereocenters. The Morgan fingerprint density at radius 2 is 1.90 bits per heavy atom. The van der Waals surface area contributed by atoms with E-state index in [-0.39, 0.29) is 35.0 Å². The van der Waals surface area contributed by atoms with E-state index in [2.05, 4.69) is 15.5 Å². The lowest BCUT2D eigenvalue weighted by atomic mass is 9.61. The fourth-order valence-corrected chi connectivity index (χ4v) is 6.09. The van der Waals surface area contributed by atoms with Crippen molar-refractivity contribution < 1.29 is 36.3 Å². The molecule has 6 rings (SSSR count). The van der Waals surface area contributed by atoms with Crippen molar-refractivity contribution in [3.8, 4) is 0 Å². The number of carbonyl (C=O) groups excluding carboxylic acids is 2. The van der Waals surface area contributed by atoms with Crippen LogP contribution in [0.15, 0.2) is 42.7 Å². The Labute approximate surface area is 237 Å². The molecule has 222 valence electrons. The van der Waals surface area contributed by atoms with Crippen LogP contribution in [0, 0.1) is 0 Å². The molecular weight excluding hydrogens is 561 g/mol. The zero-order chi connectivity index (χ0) is 30.0. The molecule has 2 amide bonds. The number of aryl methyl sites for hydroxylation is 1. The summed E-state index contributed by atoms with van der Waals surface area (Å²) in [6.07, 6.45) is -2.88. The van der Waals surface area contributed by atoms with E-state index in [1.807, 2.05) is 0 Å². The molecule has 2 aromatic carbocycles. The third kappa shape index (κ3) is 4.78. The summed E-state index contributed by atoms with van der Waals surface area (Å²) in [7, 11) is 1.65. The van der Waals surface area contributed by atoms with Gasteiger partial charge in [0, 0.05) is 31.1 Å². The summed E-state index contributed by atoms with van der Waals surface area (Å²) in [5, 5.41) is 10.5. The summed E-state index contributed by atoms with van der Waals surface area (Å²) >= 11 is 0. The van der Waals surface area contributed by atoms with E-state index in [4.69, 9.17) is 4.74 Å². The topological polar surface area (TPSA) is 89.3 Å². The molecule has 0 bridgehead atoms. The average Bonchev–Trinajstić information content (AvgIpc) is 3.46. The number of rotatable bonds is 6. The van der Waals surface area contributed by atoms with E-state index >= 15 is 0 Å². The van der Waals surface area contributed by atoms with Crippen molar-refractivity contribution in [2.75, 3.05) is 4.90 Å². The number of halogens is 5. The van der Waals surface area contributed by atoms with Gasteiger partial charge in [-0.25, -0.2) is 13.6 Å². The van der Waals surface area contributed by atoms with Gasteiger partial charge in [0.25, 0.3) is 11.8 Å². The van der Waals surface area contributed by atoms with Crippen LogP contribution < -0.4 is 10.2 Å². The van der Waals surface area contributed by atoms with Crippen LogP contribution in [0.4, 0.5) is 32.4 Å². The van der Waals surface area contributed by atoms with Crippen molar-refractivity contribution in [3.05, 3.63) is 76.4 Å². The SMILES string of the molecule is CC(NC(=O)OC1CCC1)c1cc2c(c(C(F)(F)F)c1)CN(c1cccc(C3(c4nncn4C)CC(F)(F)C3)c1)C2=O. The first kappa shape index (κ1) is 28.1. The van der Waals surface area contributed by atoms with E-state index < -0.39 is 54.0 Å². The van der Waals surface area contributed by atoms with Gasteiger partial charge in [-0.05, 0) is 67.1 Å². The molecule has 1 N–H and O–H groups in total. The highest BCUT2D eigenvalue weighted by atomic mass is 19.4. The van der Waals surface area contributed by atoms with Gasteiger partial charge in [-0.15, -0.1) is 10.2 Å². The van der Waals surface area contributed by atoms with Crippen LogP contribution in [0.1, 0.15) is 83.5 Å². The smallest absolute Gasteiger partial charge is 0.416 e. The minimum atomic E-state index is -4.77. The molecule has 3 aromatic rings. The highest BCUT2D eigenvalue weighted by Gasteiger charge is 2.60. The second-order valence-electron chi connectivity index (χ2n) is 11.4. The average molecular weight is 590 g/mol. The number of aromatic nitrogens is 3. The first-order valence-electron chi connectivity index (χ1n) is 13.6. The van der Waals surface area contributed by atoms with Crippen LogP contribution in [0.25, 0.3) is 0 Å². The largest absolute Gasteiger partial charge is 0.446 e. The number of ether oxygens (including phenoxy) is 1. The Kier molecular flexibility index (Phi) is 6.54. The fourth-order valence-electron chi connectivity index (χ4n) is 6.09. The Bertz CT molecular complexity index is 1560. The van der Waals surface area contributed by atoms with Gasteiger partial charge in [-0.3, -0.25) is 4.79 Å². The van der Waals surface area contributed by atoms with E-state index in [1.54, 1.807) is 35.9 Å². The summed E-state index contributed by atoms with van der Waals surface area (Å²) in [5.41, 5.74) is -1.63. The predicted molar refractivity (Wildman–Crippen MR) is 140 cm³/mol. The van der Waals surface area contributed by atoms with Gasteiger partial charge < -0.3 is 19.5 Å². The molecule has 2 heterocycles. The highest BCUT2D eigenvalue weighted by Crippen LogP contribution is 2.57. The van der Waals surface area contributed by atoms with E-state index in [0.717, 1.165) is 25.3 Å². The summed E-state index contributed by atoms with van der Waals surface area (Å²) in [6, 6.07) is 7.80. The molecule has 13 heteroatoms. The minimum absolute atomic E-state index is 0.105. The number of alkyl carbamates (subject to hydrolysis) is 1. The van der Waals surface area contributed by atoms with E-state index in [0.29, 0.717) is 11.4 Å². The first-order chi connectivity index (χ1) is 19.8. The zero-order valence-electron chi connectivity index (χ0n) is 22.8. The molecule has 1 atom stereocenters. The Hall–Kier alpha value is -4.03. The molecule has 3 aliphatic rings. The number of hydrogen-bond donors (Lipinski definition) is 1. The number of nitrogens with one attached hydrogen (secondary N) is 1. The Morgan fingerprint density at radius 3 is 2.50 bits per heavy atom. The maximum absolute atomic E-state index is 14.2. The molecule has 2 saturated carbocycles. The molecule has 1 aliphatic heterocycles. The van der Waals surface area contributed by atoms with Crippen LogP contribution in [-0.2, 0) is 29.9 Å². The van der Waals surface area contributed by atoms with E-state index in [9.17, 15) is 31.5 Å². The van der Waals surface area contributed by atoms with Crippen molar-refractivity contribution in [2.45, 2.75) is 75.2 Å². The summed E-state index contributed by atoms with van der Waals surface area (Å²) in [5.74, 6) is -3.25. The molecule has 0 saturated heterocycles. The van der Waals surface area contributed by atoms with Crippen LogP contribution in [0.5, 0.6) is 0 Å². The van der Waals surface area contributed by atoms with Crippen LogP contribution in [-0.4, -0.2) is 38.8 Å². The molecule has 42 heavy (non-hydrogen) atoms. The third-order valence-corrected chi connectivity index (χ3v) is 8.50. The van der Waals surface area contributed by atoms with E-state index in [1.165, 1.54) is 24.2 Å². The van der Waals surface area contributed by atoms with Gasteiger partial charge in [0.05, 0.1) is 23.6 Å². The lowest BCUT2D eigenvalue weighted by Gasteiger charge is -2.46. The number of fused-ring (bicyclic) bond motifs is 1. The number of benzene rings is 2. The third-order valence-electron chi connectivity index (χ3n) is 8.50. The van der Waals surface area contributed by atoms with Crippen molar-refractivity contribution in [3.63, 3.8) is 0 Å². The van der Waals surface area contributed by atoms with Crippen LogP contribution in [0.2, 0.25) is 0 Å². The molecular formula is C29H28F5N5O3. The van der Waals surface area contributed by atoms with Gasteiger partial charge in [0.15, 0.2) is 0 Å². The monoisotopic (exact) mass is 589 g/mol. The lowest BCUT2D eigenvalue weighted by molar-refractivity contribution is -0.138. The summed E-state index contributed by atoms with van der Waals surface area (Å²) in [6.45, 7) is 1.16. The fraction of sp³-hybridized carbons (Fsp3) is 0.448. The Morgan fingerprint density at radius 1 is 1.17 bits per heavy atom. The summed E-state index contributed by atoms with van der Waals surface area (Å²) in [4.78, 5) is 27.0. The number of amides is 2. The zero-order valence-corrected chi connectivity index (χ0v) is 22.8. The number of alkyl halides is 5.